The molecule has 17 heavy (non-hydrogen) atoms. The first-order valence-corrected chi connectivity index (χ1v) is 5.77. The summed E-state index contributed by atoms with van der Waals surface area (Å²) in [6.07, 6.45) is 0.981. The van der Waals surface area contributed by atoms with Gasteiger partial charge in [-0.25, -0.2) is 4.39 Å². The van der Waals surface area contributed by atoms with E-state index in [1.54, 1.807) is 13.0 Å². The molecule has 2 aromatic rings. The van der Waals surface area contributed by atoms with E-state index in [4.69, 9.17) is 10.2 Å². The van der Waals surface area contributed by atoms with E-state index in [2.05, 4.69) is 0 Å². The van der Waals surface area contributed by atoms with E-state index < -0.39 is 0 Å². The van der Waals surface area contributed by atoms with Crippen LogP contribution >= 0.6 is 0 Å². The van der Waals surface area contributed by atoms with Gasteiger partial charge in [0.15, 0.2) is 0 Å². The Morgan fingerprint density at radius 3 is 2.76 bits per heavy atom. The second-order valence-electron chi connectivity index (χ2n) is 4.62. The van der Waals surface area contributed by atoms with Gasteiger partial charge in [0, 0.05) is 17.5 Å². The lowest BCUT2D eigenvalue weighted by Gasteiger charge is -2.03. The molecule has 0 unspecified atom stereocenters. The monoisotopic (exact) mass is 231 g/mol. The van der Waals surface area contributed by atoms with Crippen LogP contribution in [-0.2, 0) is 0 Å². The molecule has 3 heteroatoms. The van der Waals surface area contributed by atoms with Gasteiger partial charge < -0.3 is 10.2 Å². The third-order valence-electron chi connectivity index (χ3n) is 3.37. The van der Waals surface area contributed by atoms with Crippen molar-refractivity contribution < 1.29 is 8.81 Å². The number of furan rings is 1. The van der Waals surface area contributed by atoms with Crippen molar-refractivity contribution in [2.75, 3.05) is 0 Å². The van der Waals surface area contributed by atoms with Gasteiger partial charge in [0.25, 0.3) is 0 Å². The zero-order chi connectivity index (χ0) is 12.0. The topological polar surface area (TPSA) is 39.2 Å². The number of hydrogen-bond acceptors (Lipinski definition) is 2. The van der Waals surface area contributed by atoms with E-state index in [-0.39, 0.29) is 11.9 Å². The molecule has 1 aliphatic rings. The van der Waals surface area contributed by atoms with Crippen LogP contribution in [0.1, 0.15) is 23.7 Å². The third kappa shape index (κ3) is 1.76. The normalized spacial score (nSPS) is 22.8. The van der Waals surface area contributed by atoms with Gasteiger partial charge in [-0.2, -0.15) is 0 Å². The van der Waals surface area contributed by atoms with Crippen molar-refractivity contribution in [3.63, 3.8) is 0 Å². The van der Waals surface area contributed by atoms with Gasteiger partial charge in [-0.3, -0.25) is 0 Å². The van der Waals surface area contributed by atoms with Gasteiger partial charge in [-0.1, -0.05) is 12.1 Å². The smallest absolute Gasteiger partial charge is 0.134 e. The van der Waals surface area contributed by atoms with Gasteiger partial charge >= 0.3 is 0 Å². The molecule has 1 aliphatic carbocycles. The van der Waals surface area contributed by atoms with Crippen molar-refractivity contribution in [2.24, 2.45) is 5.73 Å². The molecular formula is C14H14FNO. The summed E-state index contributed by atoms with van der Waals surface area (Å²) in [6.45, 7) is 1.76. The lowest BCUT2D eigenvalue weighted by molar-refractivity contribution is 0.521. The fourth-order valence-electron chi connectivity index (χ4n) is 2.11. The Labute approximate surface area is 99.2 Å². The van der Waals surface area contributed by atoms with Crippen molar-refractivity contribution in [2.45, 2.75) is 25.3 Å². The second kappa shape index (κ2) is 3.70. The summed E-state index contributed by atoms with van der Waals surface area (Å²) < 4.78 is 19.2. The van der Waals surface area contributed by atoms with E-state index in [1.165, 1.54) is 6.07 Å². The van der Waals surface area contributed by atoms with E-state index >= 15 is 0 Å². The quantitative estimate of drug-likeness (QED) is 0.862. The van der Waals surface area contributed by atoms with Crippen LogP contribution < -0.4 is 5.73 Å². The molecule has 0 bridgehead atoms. The minimum atomic E-state index is -0.205. The highest BCUT2D eigenvalue weighted by Crippen LogP contribution is 2.41. The Morgan fingerprint density at radius 2 is 2.06 bits per heavy atom. The van der Waals surface area contributed by atoms with Crippen LogP contribution in [0.25, 0.3) is 11.3 Å². The molecular weight excluding hydrogens is 217 g/mol. The van der Waals surface area contributed by atoms with E-state index in [0.29, 0.717) is 11.5 Å². The molecule has 3 rings (SSSR count). The molecule has 0 spiro atoms. The fraction of sp³-hybridized carbons (Fsp3) is 0.286. The van der Waals surface area contributed by atoms with Crippen LogP contribution in [-0.4, -0.2) is 6.04 Å². The van der Waals surface area contributed by atoms with Crippen molar-refractivity contribution in [1.29, 1.82) is 0 Å². The third-order valence-corrected chi connectivity index (χ3v) is 3.37. The average Bonchev–Trinajstić information content (AvgIpc) is 2.86. The average molecular weight is 231 g/mol. The Bertz CT molecular complexity index is 561. The second-order valence-corrected chi connectivity index (χ2v) is 4.62. The first-order chi connectivity index (χ1) is 8.16. The van der Waals surface area contributed by atoms with Crippen LogP contribution in [0.5, 0.6) is 0 Å². The predicted octanol–water partition coefficient (Wildman–Crippen LogP) is 3.21. The summed E-state index contributed by atoms with van der Waals surface area (Å²) in [4.78, 5) is 0. The molecule has 2 atom stereocenters. The van der Waals surface area contributed by atoms with Gasteiger partial charge in [0.05, 0.1) is 0 Å². The fourth-order valence-corrected chi connectivity index (χ4v) is 2.11. The summed E-state index contributed by atoms with van der Waals surface area (Å²) in [6, 6.07) is 9.08. The van der Waals surface area contributed by atoms with Crippen molar-refractivity contribution in [1.82, 2.24) is 0 Å². The molecule has 0 saturated heterocycles. The van der Waals surface area contributed by atoms with Crippen LogP contribution in [0.2, 0.25) is 0 Å². The minimum Gasteiger partial charge on any atom is -0.461 e. The van der Waals surface area contributed by atoms with Crippen molar-refractivity contribution >= 4 is 0 Å². The highest BCUT2D eigenvalue weighted by molar-refractivity contribution is 5.62. The Kier molecular flexibility index (Phi) is 2.30. The summed E-state index contributed by atoms with van der Waals surface area (Å²) in [7, 11) is 0. The zero-order valence-corrected chi connectivity index (χ0v) is 9.61. The molecule has 0 aliphatic heterocycles. The minimum absolute atomic E-state index is 0.205. The number of hydrogen-bond donors (Lipinski definition) is 1. The SMILES string of the molecule is Cc1c(F)cccc1-c1ccc([C@H]2C[C@H]2N)o1. The van der Waals surface area contributed by atoms with E-state index in [1.807, 2.05) is 18.2 Å². The lowest BCUT2D eigenvalue weighted by Crippen LogP contribution is -2.00. The number of benzene rings is 1. The number of nitrogens with two attached hydrogens (primary N) is 1. The maximum absolute atomic E-state index is 13.4. The predicted molar refractivity (Wildman–Crippen MR) is 64.2 cm³/mol. The maximum Gasteiger partial charge on any atom is 0.134 e. The summed E-state index contributed by atoms with van der Waals surface area (Å²) in [5.41, 5.74) is 7.21. The van der Waals surface area contributed by atoms with E-state index in [9.17, 15) is 4.39 Å². The number of rotatable bonds is 2. The molecule has 1 heterocycles. The molecule has 2 nitrogen and oxygen atoms in total. The molecule has 0 radical (unpaired) electrons. The van der Waals surface area contributed by atoms with Crippen LogP contribution in [0.15, 0.2) is 34.7 Å². The Morgan fingerprint density at radius 1 is 1.29 bits per heavy atom. The molecule has 1 aromatic carbocycles. The van der Waals surface area contributed by atoms with Crippen LogP contribution in [0, 0.1) is 12.7 Å². The van der Waals surface area contributed by atoms with Crippen LogP contribution in [0.3, 0.4) is 0 Å². The van der Waals surface area contributed by atoms with Crippen molar-refractivity contribution in [3.8, 4) is 11.3 Å². The number of halogens is 1. The van der Waals surface area contributed by atoms with Crippen molar-refractivity contribution in [3.05, 3.63) is 47.5 Å². The Hall–Kier alpha value is -1.61. The molecule has 2 N–H and O–H groups in total. The van der Waals surface area contributed by atoms with Gasteiger partial charge in [-0.05, 0) is 37.1 Å². The largest absolute Gasteiger partial charge is 0.461 e. The maximum atomic E-state index is 13.4. The van der Waals surface area contributed by atoms with Crippen LogP contribution in [0.4, 0.5) is 4.39 Å². The molecule has 0 amide bonds. The summed E-state index contributed by atoms with van der Waals surface area (Å²) >= 11 is 0. The highest BCUT2D eigenvalue weighted by atomic mass is 19.1. The Balaban J connectivity index is 1.98. The standard InChI is InChI=1S/C14H14FNO/c1-8-9(3-2-4-11(8)15)13-5-6-14(17-13)10-7-12(10)16/h2-6,10,12H,7,16H2,1H3/t10-,12+/m0/s1. The zero-order valence-electron chi connectivity index (χ0n) is 9.61. The van der Waals surface area contributed by atoms with Gasteiger partial charge in [-0.15, -0.1) is 0 Å². The van der Waals surface area contributed by atoms with E-state index in [0.717, 1.165) is 23.5 Å². The molecule has 1 saturated carbocycles. The van der Waals surface area contributed by atoms with Gasteiger partial charge in [0.1, 0.15) is 17.3 Å². The lowest BCUT2D eigenvalue weighted by atomic mass is 10.1. The molecule has 1 aromatic heterocycles. The molecule has 88 valence electrons. The first kappa shape index (κ1) is 10.5. The first-order valence-electron chi connectivity index (χ1n) is 5.77. The highest BCUT2D eigenvalue weighted by Gasteiger charge is 2.37. The summed E-state index contributed by atoms with van der Waals surface area (Å²) in [5.74, 6) is 1.77. The summed E-state index contributed by atoms with van der Waals surface area (Å²) in [5, 5.41) is 0. The molecule has 1 fully saturated rings. The van der Waals surface area contributed by atoms with Gasteiger partial charge in [0.2, 0.25) is 0 Å².